The molecule has 0 aromatic carbocycles. The lowest BCUT2D eigenvalue weighted by Gasteiger charge is -2.18. The van der Waals surface area contributed by atoms with Gasteiger partial charge in [0.25, 0.3) is 0 Å². The van der Waals surface area contributed by atoms with Gasteiger partial charge in [-0.05, 0) is 70.6 Å². The Kier molecular flexibility index (Phi) is 8.62. The molecule has 1 fully saturated rings. The van der Waals surface area contributed by atoms with E-state index in [0.29, 0.717) is 23.0 Å². The summed E-state index contributed by atoms with van der Waals surface area (Å²) in [5.41, 5.74) is 0.766. The molecular formula is C22H29ClN2O2. The van der Waals surface area contributed by atoms with Gasteiger partial charge in [-0.15, -0.1) is 0 Å². The van der Waals surface area contributed by atoms with E-state index in [1.54, 1.807) is 25.2 Å². The Morgan fingerprint density at radius 1 is 1.33 bits per heavy atom. The highest BCUT2D eigenvalue weighted by Crippen LogP contribution is 2.21. The lowest BCUT2D eigenvalue weighted by atomic mass is 9.99. The second-order valence-electron chi connectivity index (χ2n) is 6.88. The SMILES string of the molecule is C=C/C(=C\C=C(/C)Cl)OC1=C(NC(=O)C2CCCN(C)CC2)CC=CC=C1. The lowest BCUT2D eigenvalue weighted by molar-refractivity contribution is -0.124. The van der Waals surface area contributed by atoms with E-state index in [9.17, 15) is 4.79 Å². The minimum Gasteiger partial charge on any atom is -0.456 e. The van der Waals surface area contributed by atoms with Gasteiger partial charge in [-0.25, -0.2) is 0 Å². The van der Waals surface area contributed by atoms with Crippen molar-refractivity contribution in [3.63, 3.8) is 0 Å². The molecule has 1 heterocycles. The van der Waals surface area contributed by atoms with Crippen LogP contribution in [-0.4, -0.2) is 30.9 Å². The van der Waals surface area contributed by atoms with Gasteiger partial charge in [0.2, 0.25) is 5.91 Å². The number of hydrogen-bond acceptors (Lipinski definition) is 3. The van der Waals surface area contributed by atoms with Crippen molar-refractivity contribution in [2.75, 3.05) is 20.1 Å². The molecule has 1 aliphatic carbocycles. The smallest absolute Gasteiger partial charge is 0.227 e. The maximum Gasteiger partial charge on any atom is 0.227 e. The van der Waals surface area contributed by atoms with E-state index in [1.807, 2.05) is 24.3 Å². The molecule has 0 radical (unpaired) electrons. The fraction of sp³-hybridized carbons (Fsp3) is 0.409. The zero-order valence-corrected chi connectivity index (χ0v) is 17.0. The van der Waals surface area contributed by atoms with Crippen LogP contribution in [0.2, 0.25) is 0 Å². The first-order valence-electron chi connectivity index (χ1n) is 9.39. The van der Waals surface area contributed by atoms with Crippen molar-refractivity contribution < 1.29 is 9.53 Å². The Morgan fingerprint density at radius 2 is 2.15 bits per heavy atom. The Morgan fingerprint density at radius 3 is 2.89 bits per heavy atom. The molecule has 1 saturated heterocycles. The molecular weight excluding hydrogens is 360 g/mol. The van der Waals surface area contributed by atoms with E-state index >= 15 is 0 Å². The van der Waals surface area contributed by atoms with E-state index in [-0.39, 0.29) is 11.8 Å². The summed E-state index contributed by atoms with van der Waals surface area (Å²) in [5, 5.41) is 3.76. The summed E-state index contributed by atoms with van der Waals surface area (Å²) in [4.78, 5) is 15.1. The van der Waals surface area contributed by atoms with Gasteiger partial charge in [-0.2, -0.15) is 0 Å². The number of carbonyl (C=O) groups excluding carboxylic acids is 1. The maximum absolute atomic E-state index is 12.8. The third-order valence-electron chi connectivity index (χ3n) is 4.62. The fourth-order valence-corrected chi connectivity index (χ4v) is 3.10. The molecule has 146 valence electrons. The average Bonchev–Trinajstić information content (AvgIpc) is 2.99. The first-order valence-corrected chi connectivity index (χ1v) is 9.77. The molecule has 5 heteroatoms. The van der Waals surface area contributed by atoms with Crippen LogP contribution in [0.1, 0.15) is 32.6 Å². The van der Waals surface area contributed by atoms with Crippen LogP contribution in [0, 0.1) is 5.92 Å². The lowest BCUT2D eigenvalue weighted by Crippen LogP contribution is -2.31. The number of nitrogens with one attached hydrogen (secondary N) is 1. The van der Waals surface area contributed by atoms with Crippen LogP contribution in [0.4, 0.5) is 0 Å². The largest absolute Gasteiger partial charge is 0.456 e. The molecule has 0 saturated carbocycles. The number of ether oxygens (including phenoxy) is 1. The van der Waals surface area contributed by atoms with Crippen molar-refractivity contribution in [3.05, 3.63) is 71.4 Å². The number of amides is 1. The Bertz CT molecular complexity index is 697. The first kappa shape index (κ1) is 21.3. The minimum absolute atomic E-state index is 0.0381. The number of carbonyl (C=O) groups is 1. The molecule has 0 aromatic heterocycles. The third-order valence-corrected chi connectivity index (χ3v) is 4.74. The van der Waals surface area contributed by atoms with Gasteiger partial charge in [-0.3, -0.25) is 4.79 Å². The number of rotatable bonds is 6. The average molecular weight is 389 g/mol. The van der Waals surface area contributed by atoms with E-state index in [0.717, 1.165) is 38.0 Å². The number of nitrogens with zero attached hydrogens (tertiary/aromatic N) is 1. The Balaban J connectivity index is 2.16. The number of halogens is 1. The van der Waals surface area contributed by atoms with Crippen LogP contribution in [0.25, 0.3) is 0 Å². The van der Waals surface area contributed by atoms with Crippen molar-refractivity contribution in [2.45, 2.75) is 32.6 Å². The van der Waals surface area contributed by atoms with Crippen molar-refractivity contribution in [2.24, 2.45) is 5.92 Å². The molecule has 2 rings (SSSR count). The Hall–Kier alpha value is -2.04. The summed E-state index contributed by atoms with van der Waals surface area (Å²) in [5.74, 6) is 1.30. The molecule has 1 N–H and O–H groups in total. The monoisotopic (exact) mass is 388 g/mol. The molecule has 27 heavy (non-hydrogen) atoms. The van der Waals surface area contributed by atoms with E-state index in [1.165, 1.54) is 0 Å². The van der Waals surface area contributed by atoms with Crippen molar-refractivity contribution in [1.29, 1.82) is 0 Å². The molecule has 0 aromatic rings. The number of allylic oxidation sites excluding steroid dienone is 8. The highest BCUT2D eigenvalue weighted by atomic mass is 35.5. The van der Waals surface area contributed by atoms with Crippen LogP contribution in [-0.2, 0) is 9.53 Å². The van der Waals surface area contributed by atoms with Gasteiger partial charge < -0.3 is 15.0 Å². The maximum atomic E-state index is 12.8. The molecule has 0 spiro atoms. The van der Waals surface area contributed by atoms with Gasteiger partial charge in [-0.1, -0.05) is 36.4 Å². The minimum atomic E-state index is 0.0381. The summed E-state index contributed by atoms with van der Waals surface area (Å²) in [6, 6.07) is 0. The zero-order chi connectivity index (χ0) is 19.6. The van der Waals surface area contributed by atoms with Gasteiger partial charge in [0.15, 0.2) is 0 Å². The fourth-order valence-electron chi connectivity index (χ4n) is 3.04. The topological polar surface area (TPSA) is 41.6 Å². The van der Waals surface area contributed by atoms with Crippen LogP contribution in [0.3, 0.4) is 0 Å². The molecule has 4 nitrogen and oxygen atoms in total. The first-order chi connectivity index (χ1) is 13.0. The van der Waals surface area contributed by atoms with Crippen LogP contribution in [0.15, 0.2) is 71.4 Å². The summed E-state index contributed by atoms with van der Waals surface area (Å²) in [6.45, 7) is 7.58. The van der Waals surface area contributed by atoms with Crippen LogP contribution in [0.5, 0.6) is 0 Å². The standard InChI is InChI=1S/C22H29ClN2O2/c1-4-19(13-12-17(2)23)27-21-11-7-5-6-10-20(21)24-22(26)18-9-8-15-25(3)16-14-18/h4-7,11-13,18H,1,8-10,14-16H2,2-3H3,(H,24,26)/b17-12+,19-13+. The van der Waals surface area contributed by atoms with Gasteiger partial charge >= 0.3 is 0 Å². The van der Waals surface area contributed by atoms with E-state index in [4.69, 9.17) is 16.3 Å². The number of hydrogen-bond donors (Lipinski definition) is 1. The Labute approximate surface area is 167 Å². The van der Waals surface area contributed by atoms with E-state index < -0.39 is 0 Å². The molecule has 2 aliphatic rings. The van der Waals surface area contributed by atoms with Gasteiger partial charge in [0.1, 0.15) is 11.5 Å². The summed E-state index contributed by atoms with van der Waals surface area (Å²) >= 11 is 5.89. The molecule has 1 atom stereocenters. The zero-order valence-electron chi connectivity index (χ0n) is 16.2. The predicted molar refractivity (Wildman–Crippen MR) is 112 cm³/mol. The highest BCUT2D eigenvalue weighted by Gasteiger charge is 2.23. The van der Waals surface area contributed by atoms with Crippen LogP contribution < -0.4 is 5.32 Å². The second-order valence-corrected chi connectivity index (χ2v) is 7.48. The summed E-state index contributed by atoms with van der Waals surface area (Å²) in [7, 11) is 2.11. The molecule has 1 aliphatic heterocycles. The van der Waals surface area contributed by atoms with Gasteiger partial charge in [0, 0.05) is 17.4 Å². The van der Waals surface area contributed by atoms with Crippen molar-refractivity contribution >= 4 is 17.5 Å². The summed E-state index contributed by atoms with van der Waals surface area (Å²) in [6.07, 6.45) is 16.3. The predicted octanol–water partition coefficient (Wildman–Crippen LogP) is 4.79. The normalized spacial score (nSPS) is 22.3. The number of likely N-dealkylation sites (tertiary alicyclic amines) is 1. The third kappa shape index (κ3) is 7.24. The van der Waals surface area contributed by atoms with Crippen molar-refractivity contribution in [1.82, 2.24) is 10.2 Å². The quantitative estimate of drug-likeness (QED) is 0.525. The molecule has 1 unspecified atom stereocenters. The highest BCUT2D eigenvalue weighted by molar-refractivity contribution is 6.29. The summed E-state index contributed by atoms with van der Waals surface area (Å²) < 4.78 is 5.98. The molecule has 0 bridgehead atoms. The molecule has 1 amide bonds. The van der Waals surface area contributed by atoms with Gasteiger partial charge in [0.05, 0.1) is 5.70 Å². The van der Waals surface area contributed by atoms with E-state index in [2.05, 4.69) is 23.8 Å². The van der Waals surface area contributed by atoms with Crippen molar-refractivity contribution in [3.8, 4) is 0 Å². The van der Waals surface area contributed by atoms with Crippen LogP contribution >= 0.6 is 11.6 Å². The second kappa shape index (κ2) is 11.0.